The summed E-state index contributed by atoms with van der Waals surface area (Å²) in [6, 6.07) is 17.8. The average molecular weight is 458 g/mol. The summed E-state index contributed by atoms with van der Waals surface area (Å²) in [4.78, 5) is 2.33. The van der Waals surface area contributed by atoms with Gasteiger partial charge in [-0.3, -0.25) is 4.58 Å². The summed E-state index contributed by atoms with van der Waals surface area (Å²) < 4.78 is 2.45. The predicted octanol–water partition coefficient (Wildman–Crippen LogP) is 1.17. The number of rotatable bonds is 2. The molecule has 1 aliphatic heterocycles. The van der Waals surface area contributed by atoms with Gasteiger partial charge < -0.3 is 12.4 Å². The van der Waals surface area contributed by atoms with Crippen LogP contribution >= 0.6 is 0 Å². The Bertz CT molecular complexity index is 722. The SMILES string of the molecule is CC.CC.CC.CC[N+](CC)=C1c2ccccc2C(C)c2cccc(c2)N1C.[Cl-].[K+]. The van der Waals surface area contributed by atoms with E-state index in [1.165, 1.54) is 28.2 Å². The molecule has 164 valence electrons. The molecule has 0 N–H and O–H groups in total. The Labute approximate surface area is 236 Å². The first-order valence-electron chi connectivity index (χ1n) is 11.2. The van der Waals surface area contributed by atoms with E-state index in [4.69, 9.17) is 0 Å². The molecule has 2 aromatic rings. The molecule has 1 aliphatic rings. The number of amidine groups is 1. The number of fused-ring (bicyclic) bond motifs is 3. The zero-order valence-corrected chi connectivity index (χ0v) is 25.3. The van der Waals surface area contributed by atoms with Gasteiger partial charge in [0.1, 0.15) is 5.69 Å². The van der Waals surface area contributed by atoms with Crippen LogP contribution in [0.5, 0.6) is 0 Å². The van der Waals surface area contributed by atoms with E-state index in [1.54, 1.807) is 0 Å². The van der Waals surface area contributed by atoms with Crippen LogP contribution in [0.15, 0.2) is 48.5 Å². The van der Waals surface area contributed by atoms with Gasteiger partial charge in [0, 0.05) is 5.92 Å². The van der Waals surface area contributed by atoms with Gasteiger partial charge in [0.2, 0.25) is 0 Å². The quantitative estimate of drug-likeness (QED) is 0.484. The Morgan fingerprint density at radius 1 is 0.833 bits per heavy atom. The predicted molar refractivity (Wildman–Crippen MR) is 128 cm³/mol. The molecule has 0 fully saturated rings. The second kappa shape index (κ2) is 19.5. The number of hydrogen-bond donors (Lipinski definition) is 0. The molecule has 0 saturated carbocycles. The Hall–Kier alpha value is -0.164. The van der Waals surface area contributed by atoms with E-state index in [1.807, 2.05) is 41.5 Å². The Kier molecular flexibility index (Phi) is 22.4. The molecule has 1 heterocycles. The molecule has 4 heteroatoms. The van der Waals surface area contributed by atoms with Gasteiger partial charge in [-0.2, -0.15) is 0 Å². The van der Waals surface area contributed by atoms with E-state index in [2.05, 4.69) is 85.8 Å². The maximum atomic E-state index is 2.45. The van der Waals surface area contributed by atoms with Crippen molar-refractivity contribution in [2.75, 3.05) is 25.0 Å². The molecule has 0 aromatic heterocycles. The summed E-state index contributed by atoms with van der Waals surface area (Å²) in [5.74, 6) is 1.72. The molecular weight excluding hydrogens is 415 g/mol. The normalized spacial score (nSPS) is 12.9. The van der Waals surface area contributed by atoms with Crippen molar-refractivity contribution >= 4 is 11.5 Å². The number of halogens is 1. The van der Waals surface area contributed by atoms with E-state index < -0.39 is 0 Å². The molecule has 1 atom stereocenters. The van der Waals surface area contributed by atoms with Gasteiger partial charge in [0.15, 0.2) is 0 Å². The minimum atomic E-state index is 0. The van der Waals surface area contributed by atoms with Crippen LogP contribution in [0.1, 0.15) is 84.9 Å². The molecule has 1 unspecified atom stereocenters. The number of nitrogens with zero attached hydrogens (tertiary/aromatic N) is 2. The summed E-state index contributed by atoms with van der Waals surface area (Å²) in [6.45, 7) is 20.8. The van der Waals surface area contributed by atoms with Crippen molar-refractivity contribution in [3.8, 4) is 0 Å². The third-order valence-corrected chi connectivity index (χ3v) is 4.81. The third kappa shape index (κ3) is 8.41. The maximum Gasteiger partial charge on any atom is 1.00 e. The van der Waals surface area contributed by atoms with E-state index in [0.29, 0.717) is 5.92 Å². The summed E-state index contributed by atoms with van der Waals surface area (Å²) in [7, 11) is 2.18. The molecule has 0 amide bonds. The first-order chi connectivity index (χ1) is 13.7. The molecule has 0 radical (unpaired) electrons. The molecule has 2 aromatic carbocycles. The molecule has 0 aliphatic carbocycles. The summed E-state index contributed by atoms with van der Waals surface area (Å²) in [5, 5.41) is 0. The fourth-order valence-corrected chi connectivity index (χ4v) is 3.47. The van der Waals surface area contributed by atoms with Gasteiger partial charge in [-0.25, -0.2) is 4.90 Å². The van der Waals surface area contributed by atoms with Crippen LogP contribution in [0.4, 0.5) is 5.69 Å². The molecule has 2 nitrogen and oxygen atoms in total. The topological polar surface area (TPSA) is 6.25 Å². The van der Waals surface area contributed by atoms with Crippen LogP contribution in [0.25, 0.3) is 0 Å². The van der Waals surface area contributed by atoms with Crippen molar-refractivity contribution in [1.29, 1.82) is 0 Å². The monoisotopic (exact) mass is 457 g/mol. The van der Waals surface area contributed by atoms with Gasteiger partial charge in [0.05, 0.1) is 25.7 Å². The summed E-state index contributed by atoms with van der Waals surface area (Å²) in [6.07, 6.45) is 0. The number of hydrogen-bond acceptors (Lipinski definition) is 0. The fraction of sp³-hybridized carbons (Fsp3) is 0.500. The van der Waals surface area contributed by atoms with Crippen molar-refractivity contribution in [2.24, 2.45) is 0 Å². The van der Waals surface area contributed by atoms with Crippen molar-refractivity contribution in [2.45, 2.75) is 68.2 Å². The standard InChI is InChI=1S/C20H25N2.3C2H6.ClH.K/c1-5-22(6-2)20-19-13-8-7-12-18(19)15(3)16-10-9-11-17(14-16)21(20)4;3*1-2;;/h7-15H,5-6H2,1-4H3;3*1-2H3;1H;/q+1;;;;;+1/p-1. The van der Waals surface area contributed by atoms with Crippen LogP contribution < -0.4 is 68.7 Å². The molecule has 2 bridgehead atoms. The van der Waals surface area contributed by atoms with E-state index in [0.717, 1.165) is 13.1 Å². The second-order valence-electron chi connectivity index (χ2n) is 5.96. The van der Waals surface area contributed by atoms with Crippen LogP contribution in [0.3, 0.4) is 0 Å². The van der Waals surface area contributed by atoms with E-state index >= 15 is 0 Å². The van der Waals surface area contributed by atoms with Crippen LogP contribution in [0.2, 0.25) is 0 Å². The second-order valence-corrected chi connectivity index (χ2v) is 5.96. The maximum absolute atomic E-state index is 2.45. The van der Waals surface area contributed by atoms with E-state index in [-0.39, 0.29) is 63.8 Å². The smallest absolute Gasteiger partial charge is 1.00 e. The van der Waals surface area contributed by atoms with Crippen molar-refractivity contribution < 1.29 is 68.4 Å². The first kappa shape index (κ1) is 34.4. The molecular formula is C26H43ClKN2+. The van der Waals surface area contributed by atoms with Crippen LogP contribution in [-0.2, 0) is 0 Å². The fourth-order valence-electron chi connectivity index (χ4n) is 3.47. The number of benzene rings is 2. The van der Waals surface area contributed by atoms with Crippen LogP contribution in [0, 0.1) is 0 Å². The zero-order chi connectivity index (χ0) is 21.7. The molecule has 0 saturated heterocycles. The Morgan fingerprint density at radius 3 is 1.90 bits per heavy atom. The van der Waals surface area contributed by atoms with Crippen LogP contribution in [-0.4, -0.2) is 30.5 Å². The van der Waals surface area contributed by atoms with Gasteiger partial charge in [-0.15, -0.1) is 0 Å². The summed E-state index contributed by atoms with van der Waals surface area (Å²) in [5.41, 5.74) is 5.41. The van der Waals surface area contributed by atoms with Crippen molar-refractivity contribution in [3.05, 3.63) is 65.2 Å². The van der Waals surface area contributed by atoms with E-state index in [9.17, 15) is 0 Å². The average Bonchev–Trinajstić information content (AvgIpc) is 2.80. The minimum absolute atomic E-state index is 0. The molecule has 30 heavy (non-hydrogen) atoms. The minimum Gasteiger partial charge on any atom is -1.00 e. The van der Waals surface area contributed by atoms with Crippen molar-refractivity contribution in [1.82, 2.24) is 0 Å². The van der Waals surface area contributed by atoms with Gasteiger partial charge in [-0.1, -0.05) is 78.8 Å². The third-order valence-electron chi connectivity index (χ3n) is 4.81. The number of anilines is 1. The first-order valence-corrected chi connectivity index (χ1v) is 11.2. The zero-order valence-electron chi connectivity index (χ0n) is 21.4. The largest absolute Gasteiger partial charge is 1.00 e. The molecule has 3 rings (SSSR count). The summed E-state index contributed by atoms with van der Waals surface area (Å²) >= 11 is 0. The van der Waals surface area contributed by atoms with Crippen molar-refractivity contribution in [3.63, 3.8) is 0 Å². The Morgan fingerprint density at radius 2 is 1.37 bits per heavy atom. The van der Waals surface area contributed by atoms with Gasteiger partial charge in [0.25, 0.3) is 5.84 Å². The molecule has 0 spiro atoms. The Balaban J connectivity index is -0.000000839. The van der Waals surface area contributed by atoms with Gasteiger partial charge >= 0.3 is 51.4 Å². The van der Waals surface area contributed by atoms with Gasteiger partial charge in [-0.05, 0) is 43.2 Å².